The highest BCUT2D eigenvalue weighted by molar-refractivity contribution is 5.96. The molecule has 3 aromatic heterocycles. The molecule has 0 N–H and O–H groups in total. The lowest BCUT2D eigenvalue weighted by atomic mass is 9.90. The number of unbranched alkanes of at least 4 members (excludes halogenated alkanes) is 2. The van der Waals surface area contributed by atoms with E-state index in [0.717, 1.165) is 56.4 Å². The van der Waals surface area contributed by atoms with Gasteiger partial charge in [0.2, 0.25) is 0 Å². The number of carbonyl (C=O) groups excluding carboxylic acids is 2. The van der Waals surface area contributed by atoms with Crippen LogP contribution in [0.1, 0.15) is 65.7 Å². The Morgan fingerprint density at radius 2 is 1.87 bits per heavy atom. The summed E-state index contributed by atoms with van der Waals surface area (Å²) >= 11 is 0. The van der Waals surface area contributed by atoms with Gasteiger partial charge in [0.1, 0.15) is 5.65 Å². The van der Waals surface area contributed by atoms with Gasteiger partial charge in [-0.1, -0.05) is 19.3 Å². The van der Waals surface area contributed by atoms with Gasteiger partial charge in [-0.3, -0.25) is 14.6 Å². The van der Waals surface area contributed by atoms with E-state index in [-0.39, 0.29) is 11.7 Å². The van der Waals surface area contributed by atoms with Crippen molar-refractivity contribution < 1.29 is 9.59 Å². The molecule has 0 spiro atoms. The number of fused-ring (bicyclic) bond motifs is 1. The summed E-state index contributed by atoms with van der Waals surface area (Å²) in [4.78, 5) is 35.1. The van der Waals surface area contributed by atoms with E-state index in [1.165, 1.54) is 6.42 Å². The highest BCUT2D eigenvalue weighted by Crippen LogP contribution is 2.24. The van der Waals surface area contributed by atoms with Crippen molar-refractivity contribution in [2.45, 2.75) is 44.9 Å². The summed E-state index contributed by atoms with van der Waals surface area (Å²) in [5.41, 5.74) is 2.29. The first-order valence-corrected chi connectivity index (χ1v) is 10.9. The van der Waals surface area contributed by atoms with Gasteiger partial charge in [-0.15, -0.1) is 0 Å². The largest absolute Gasteiger partial charge is 0.339 e. The molecule has 0 aliphatic carbocycles. The number of hydrogen-bond acceptors (Lipinski definition) is 4. The van der Waals surface area contributed by atoms with Crippen LogP contribution in [-0.4, -0.2) is 44.0 Å². The van der Waals surface area contributed by atoms with Crippen LogP contribution >= 0.6 is 0 Å². The number of aromatic nitrogens is 3. The predicted molar refractivity (Wildman–Crippen MR) is 115 cm³/mol. The van der Waals surface area contributed by atoms with Crippen molar-refractivity contribution in [2.75, 3.05) is 13.1 Å². The molecule has 4 rings (SSSR count). The lowest BCUT2D eigenvalue weighted by molar-refractivity contribution is 0.0685. The number of nitrogens with zero attached hydrogens (tertiary/aromatic N) is 4. The molecule has 1 aliphatic heterocycles. The average molecular weight is 405 g/mol. The summed E-state index contributed by atoms with van der Waals surface area (Å²) < 4.78 is 1.89. The second kappa shape index (κ2) is 9.65. The molecule has 1 amide bonds. The SMILES string of the molecule is O=C(CCCCCC1CCN(C(=O)c2cccnc2)CC1)c1ccc2nccn2c1. The molecule has 1 fully saturated rings. The third-order valence-electron chi connectivity index (χ3n) is 6.04. The van der Waals surface area contributed by atoms with Crippen LogP contribution in [0.4, 0.5) is 0 Å². The third-order valence-corrected chi connectivity index (χ3v) is 6.04. The number of ketones is 1. The number of hydrogen-bond donors (Lipinski definition) is 0. The number of pyridine rings is 2. The zero-order valence-electron chi connectivity index (χ0n) is 17.2. The number of imidazole rings is 1. The second-order valence-corrected chi connectivity index (χ2v) is 8.11. The molecule has 156 valence electrons. The standard InChI is InChI=1S/C24H28N4O2/c29-22(21-8-9-23-26-13-16-28(23)18-21)7-3-1-2-5-19-10-14-27(15-11-19)24(30)20-6-4-12-25-17-20/h4,6,8-9,12-13,16-19H,1-3,5,7,10-11,14-15H2. The van der Waals surface area contributed by atoms with Gasteiger partial charge in [0, 0.05) is 56.1 Å². The summed E-state index contributed by atoms with van der Waals surface area (Å²) in [5, 5.41) is 0. The fraction of sp³-hybridized carbons (Fsp3) is 0.417. The van der Waals surface area contributed by atoms with E-state index < -0.39 is 0 Å². The molecule has 1 saturated heterocycles. The third kappa shape index (κ3) is 4.93. The quantitative estimate of drug-likeness (QED) is 0.412. The Morgan fingerprint density at radius 3 is 2.67 bits per heavy atom. The van der Waals surface area contributed by atoms with Gasteiger partial charge in [-0.05, 0) is 49.4 Å². The first kappa shape index (κ1) is 20.3. The van der Waals surface area contributed by atoms with Crippen LogP contribution in [0, 0.1) is 5.92 Å². The minimum absolute atomic E-state index is 0.0916. The highest BCUT2D eigenvalue weighted by atomic mass is 16.2. The van der Waals surface area contributed by atoms with E-state index >= 15 is 0 Å². The summed E-state index contributed by atoms with van der Waals surface area (Å²) in [6, 6.07) is 7.39. The van der Waals surface area contributed by atoms with Gasteiger partial charge in [0.05, 0.1) is 5.56 Å². The van der Waals surface area contributed by atoms with E-state index in [1.54, 1.807) is 24.7 Å². The Balaban J connectivity index is 1.13. The van der Waals surface area contributed by atoms with Crippen molar-refractivity contribution in [3.8, 4) is 0 Å². The van der Waals surface area contributed by atoms with Crippen LogP contribution in [0.25, 0.3) is 5.65 Å². The summed E-state index contributed by atoms with van der Waals surface area (Å²) in [6.45, 7) is 1.65. The van der Waals surface area contributed by atoms with Crippen LogP contribution in [0.15, 0.2) is 55.2 Å². The maximum Gasteiger partial charge on any atom is 0.255 e. The number of carbonyl (C=O) groups is 2. The molecule has 30 heavy (non-hydrogen) atoms. The van der Waals surface area contributed by atoms with Gasteiger partial charge in [0.25, 0.3) is 5.91 Å². The van der Waals surface area contributed by atoms with Crippen LogP contribution in [0.2, 0.25) is 0 Å². The Kier molecular flexibility index (Phi) is 6.52. The Hall–Kier alpha value is -3.02. The monoisotopic (exact) mass is 404 g/mol. The number of Topliss-reactive ketones (excluding diaryl/α,β-unsaturated/α-hetero) is 1. The van der Waals surface area contributed by atoms with Crippen LogP contribution in [-0.2, 0) is 0 Å². The van der Waals surface area contributed by atoms with Crippen molar-refractivity contribution in [1.29, 1.82) is 0 Å². The molecule has 0 unspecified atom stereocenters. The topological polar surface area (TPSA) is 67.6 Å². The molecule has 3 aromatic rings. The number of likely N-dealkylation sites (tertiary alicyclic amines) is 1. The van der Waals surface area contributed by atoms with E-state index in [9.17, 15) is 9.59 Å². The molecule has 0 bridgehead atoms. The second-order valence-electron chi connectivity index (χ2n) is 8.11. The highest BCUT2D eigenvalue weighted by Gasteiger charge is 2.23. The maximum atomic E-state index is 12.5. The lowest BCUT2D eigenvalue weighted by Gasteiger charge is -2.32. The Labute approximate surface area is 177 Å². The molecular formula is C24H28N4O2. The van der Waals surface area contributed by atoms with E-state index in [1.807, 2.05) is 39.9 Å². The summed E-state index contributed by atoms with van der Waals surface area (Å²) in [7, 11) is 0. The minimum atomic E-state index is 0.0916. The lowest BCUT2D eigenvalue weighted by Crippen LogP contribution is -2.38. The summed E-state index contributed by atoms with van der Waals surface area (Å²) in [6.07, 6.45) is 15.9. The molecular weight excluding hydrogens is 376 g/mol. The minimum Gasteiger partial charge on any atom is -0.339 e. The number of amides is 1. The molecule has 6 heteroatoms. The molecule has 0 aromatic carbocycles. The number of rotatable bonds is 8. The fourth-order valence-corrected chi connectivity index (χ4v) is 4.22. The van der Waals surface area contributed by atoms with Gasteiger partial charge in [-0.2, -0.15) is 0 Å². The normalized spacial score (nSPS) is 14.9. The molecule has 0 radical (unpaired) electrons. The van der Waals surface area contributed by atoms with E-state index in [2.05, 4.69) is 9.97 Å². The smallest absolute Gasteiger partial charge is 0.255 e. The zero-order valence-corrected chi connectivity index (χ0v) is 17.2. The Morgan fingerprint density at radius 1 is 1.00 bits per heavy atom. The van der Waals surface area contributed by atoms with E-state index in [0.29, 0.717) is 17.9 Å². The Bertz CT molecular complexity index is 991. The van der Waals surface area contributed by atoms with E-state index in [4.69, 9.17) is 0 Å². The van der Waals surface area contributed by atoms with Crippen LogP contribution in [0.5, 0.6) is 0 Å². The molecule has 0 atom stereocenters. The molecule has 1 aliphatic rings. The molecule has 4 heterocycles. The first-order chi connectivity index (χ1) is 14.7. The average Bonchev–Trinajstić information content (AvgIpc) is 3.27. The molecule has 0 saturated carbocycles. The van der Waals surface area contributed by atoms with Crippen molar-refractivity contribution in [3.63, 3.8) is 0 Å². The van der Waals surface area contributed by atoms with Crippen molar-refractivity contribution in [2.24, 2.45) is 5.92 Å². The first-order valence-electron chi connectivity index (χ1n) is 10.9. The van der Waals surface area contributed by atoms with Crippen molar-refractivity contribution in [3.05, 3.63) is 66.4 Å². The van der Waals surface area contributed by atoms with Gasteiger partial charge < -0.3 is 9.30 Å². The fourth-order valence-electron chi connectivity index (χ4n) is 4.22. The predicted octanol–water partition coefficient (Wildman–Crippen LogP) is 4.41. The summed E-state index contributed by atoms with van der Waals surface area (Å²) in [5.74, 6) is 0.976. The van der Waals surface area contributed by atoms with Crippen LogP contribution in [0.3, 0.4) is 0 Å². The van der Waals surface area contributed by atoms with Crippen molar-refractivity contribution in [1.82, 2.24) is 19.3 Å². The van der Waals surface area contributed by atoms with Gasteiger partial charge in [0.15, 0.2) is 5.78 Å². The zero-order chi connectivity index (χ0) is 20.8. The van der Waals surface area contributed by atoms with Gasteiger partial charge in [-0.25, -0.2) is 4.98 Å². The molecule has 6 nitrogen and oxygen atoms in total. The van der Waals surface area contributed by atoms with Crippen LogP contribution < -0.4 is 0 Å². The van der Waals surface area contributed by atoms with Crippen molar-refractivity contribution >= 4 is 17.3 Å². The number of piperidine rings is 1. The maximum absolute atomic E-state index is 12.5. The van der Waals surface area contributed by atoms with Gasteiger partial charge >= 0.3 is 0 Å².